The summed E-state index contributed by atoms with van der Waals surface area (Å²) in [7, 11) is 0. The zero-order valence-corrected chi connectivity index (χ0v) is 14.3. The number of nitrogens with zero attached hydrogens (tertiary/aromatic N) is 3. The van der Waals surface area contributed by atoms with E-state index in [1.807, 2.05) is 10.6 Å². The summed E-state index contributed by atoms with van der Waals surface area (Å²) in [4.78, 5) is 19.6. The van der Waals surface area contributed by atoms with Gasteiger partial charge in [0.15, 0.2) is 0 Å². The van der Waals surface area contributed by atoms with Crippen LogP contribution in [0, 0.1) is 0 Å². The predicted molar refractivity (Wildman–Crippen MR) is 98.7 cm³/mol. The van der Waals surface area contributed by atoms with Crippen molar-refractivity contribution in [3.8, 4) is 0 Å². The second-order valence-electron chi connectivity index (χ2n) is 5.94. The van der Waals surface area contributed by atoms with Gasteiger partial charge in [-0.15, -0.1) is 0 Å². The van der Waals surface area contributed by atoms with Crippen molar-refractivity contribution in [2.45, 2.75) is 39.0 Å². The number of carbonyl (C=O) groups excluding carboxylic acids is 1. The van der Waals surface area contributed by atoms with E-state index in [2.05, 4.69) is 32.0 Å². The molecule has 0 saturated heterocycles. The van der Waals surface area contributed by atoms with Crippen molar-refractivity contribution < 1.29 is 4.79 Å². The molecule has 0 saturated carbocycles. The van der Waals surface area contributed by atoms with Gasteiger partial charge in [0, 0.05) is 23.9 Å². The van der Waals surface area contributed by atoms with Crippen LogP contribution in [0.3, 0.4) is 0 Å². The maximum absolute atomic E-state index is 10.7. The number of imidazole rings is 1. The monoisotopic (exact) mass is 324 g/mol. The van der Waals surface area contributed by atoms with Gasteiger partial charge >= 0.3 is 0 Å². The molecule has 0 aliphatic heterocycles. The minimum absolute atomic E-state index is 0.301. The number of anilines is 1. The fraction of sp³-hybridized carbons (Fsp3) is 0.316. The first-order chi connectivity index (χ1) is 11.5. The van der Waals surface area contributed by atoms with Crippen molar-refractivity contribution in [3.05, 3.63) is 54.8 Å². The molecule has 0 bridgehead atoms. The smallest absolute Gasteiger partial charge is 0.150 e. The maximum Gasteiger partial charge on any atom is 0.150 e. The highest BCUT2D eigenvalue weighted by Crippen LogP contribution is 2.29. The van der Waals surface area contributed by atoms with Gasteiger partial charge in [0.25, 0.3) is 0 Å². The van der Waals surface area contributed by atoms with Crippen molar-refractivity contribution >= 4 is 23.2 Å². The van der Waals surface area contributed by atoms with Gasteiger partial charge in [-0.1, -0.05) is 52.0 Å². The molecule has 24 heavy (non-hydrogen) atoms. The molecule has 2 aromatic heterocycles. The van der Waals surface area contributed by atoms with E-state index in [-0.39, 0.29) is 0 Å². The lowest BCUT2D eigenvalue weighted by molar-refractivity contribution is -0.104. The molecule has 0 aliphatic carbocycles. The molecular formula is C19H24N4O. The summed E-state index contributed by atoms with van der Waals surface area (Å²) in [5.74, 6) is 1.67. The number of allylic oxidation sites excluding steroid dienone is 4. The highest BCUT2D eigenvalue weighted by atomic mass is 16.1. The van der Waals surface area contributed by atoms with E-state index in [1.54, 1.807) is 18.3 Å². The van der Waals surface area contributed by atoms with Crippen molar-refractivity contribution in [2.24, 2.45) is 0 Å². The van der Waals surface area contributed by atoms with Crippen LogP contribution in [0.25, 0.3) is 11.1 Å². The number of nitrogens with two attached hydrogens (primary N) is 1. The molecule has 126 valence electrons. The van der Waals surface area contributed by atoms with Gasteiger partial charge in [0.05, 0.1) is 5.69 Å². The molecule has 1 atom stereocenters. The largest absolute Gasteiger partial charge is 0.382 e. The number of nitrogen functional groups attached to an aromatic ring is 1. The van der Waals surface area contributed by atoms with Crippen molar-refractivity contribution in [1.29, 1.82) is 0 Å². The zero-order valence-electron chi connectivity index (χ0n) is 14.3. The summed E-state index contributed by atoms with van der Waals surface area (Å²) in [5.41, 5.74) is 8.57. The second kappa shape index (κ2) is 7.73. The van der Waals surface area contributed by atoms with E-state index in [9.17, 15) is 4.79 Å². The first kappa shape index (κ1) is 17.7. The van der Waals surface area contributed by atoms with Crippen LogP contribution < -0.4 is 5.73 Å². The van der Waals surface area contributed by atoms with Crippen LogP contribution in [0.5, 0.6) is 0 Å². The van der Waals surface area contributed by atoms with E-state index in [4.69, 9.17) is 10.7 Å². The molecule has 0 amide bonds. The van der Waals surface area contributed by atoms with Gasteiger partial charge < -0.3 is 5.73 Å². The van der Waals surface area contributed by atoms with E-state index in [1.165, 1.54) is 0 Å². The van der Waals surface area contributed by atoms with Crippen LogP contribution in [0.2, 0.25) is 0 Å². The lowest BCUT2D eigenvalue weighted by atomic mass is 10.0. The van der Waals surface area contributed by atoms with Gasteiger partial charge in [-0.3, -0.25) is 9.20 Å². The third-order valence-corrected chi connectivity index (χ3v) is 4.00. The molecule has 2 heterocycles. The fourth-order valence-electron chi connectivity index (χ4n) is 2.62. The summed E-state index contributed by atoms with van der Waals surface area (Å²) in [6, 6.07) is 0. The number of fused-ring (bicyclic) bond motifs is 1. The van der Waals surface area contributed by atoms with Crippen molar-refractivity contribution in [3.63, 3.8) is 0 Å². The number of rotatable bonds is 8. The summed E-state index contributed by atoms with van der Waals surface area (Å²) in [6.45, 7) is 12.0. The molecule has 2 rings (SSSR count). The quantitative estimate of drug-likeness (QED) is 0.453. The molecule has 0 radical (unpaired) electrons. The molecule has 2 aromatic rings. The summed E-state index contributed by atoms with van der Waals surface area (Å²) < 4.78 is 1.99. The average molecular weight is 324 g/mol. The molecule has 1 unspecified atom stereocenters. The minimum Gasteiger partial charge on any atom is -0.382 e. The van der Waals surface area contributed by atoms with E-state index < -0.39 is 0 Å². The molecule has 0 aliphatic rings. The highest BCUT2D eigenvalue weighted by Gasteiger charge is 2.19. The molecule has 5 heteroatoms. The number of aldehydes is 1. The zero-order chi connectivity index (χ0) is 17.7. The van der Waals surface area contributed by atoms with Crippen LogP contribution in [0.15, 0.2) is 43.3 Å². The van der Waals surface area contributed by atoms with Crippen molar-refractivity contribution in [1.82, 2.24) is 14.4 Å². The Morgan fingerprint density at radius 2 is 2.17 bits per heavy atom. The third kappa shape index (κ3) is 3.62. The minimum atomic E-state index is 0.301. The van der Waals surface area contributed by atoms with Gasteiger partial charge in [0.2, 0.25) is 0 Å². The molecule has 5 nitrogen and oxygen atoms in total. The second-order valence-corrected chi connectivity index (χ2v) is 5.94. The van der Waals surface area contributed by atoms with Crippen molar-refractivity contribution in [2.75, 3.05) is 5.73 Å². The standard InChI is InChI=1S/C19H24N4O/c1-5-6-7-15(4)19-22-16(14(3)9-8-13(2)12-24)17-18(20)21-10-11-23(17)19/h8-12,15H,2-3,5-7H2,1,4H3,(H2,20,21). The van der Waals surface area contributed by atoms with Gasteiger partial charge in [-0.25, -0.2) is 9.97 Å². The normalized spacial score (nSPS) is 12.6. The first-order valence-electron chi connectivity index (χ1n) is 8.13. The van der Waals surface area contributed by atoms with Crippen LogP contribution in [0.4, 0.5) is 5.82 Å². The number of unbranched alkanes of at least 4 members (excludes halogenated alkanes) is 1. The predicted octanol–water partition coefficient (Wildman–Crippen LogP) is 3.93. The molecule has 0 spiro atoms. The molecular weight excluding hydrogens is 300 g/mol. The first-order valence-corrected chi connectivity index (χ1v) is 8.13. The van der Waals surface area contributed by atoms with E-state index in [0.29, 0.717) is 34.9 Å². The summed E-state index contributed by atoms with van der Waals surface area (Å²) >= 11 is 0. The summed E-state index contributed by atoms with van der Waals surface area (Å²) in [6.07, 6.45) is 10.9. The Morgan fingerprint density at radius 3 is 2.83 bits per heavy atom. The fourth-order valence-corrected chi connectivity index (χ4v) is 2.62. The number of hydrogen-bond donors (Lipinski definition) is 1. The van der Waals surface area contributed by atoms with Gasteiger partial charge in [0.1, 0.15) is 23.4 Å². The van der Waals surface area contributed by atoms with Gasteiger partial charge in [-0.2, -0.15) is 0 Å². The lowest BCUT2D eigenvalue weighted by Crippen LogP contribution is -2.02. The SMILES string of the molecule is C=C(C=O)C=CC(=C)c1nc(C(C)CCCC)n2ccnc(N)c12. The maximum atomic E-state index is 10.7. The van der Waals surface area contributed by atoms with Crippen LogP contribution >= 0.6 is 0 Å². The lowest BCUT2D eigenvalue weighted by Gasteiger charge is -2.09. The summed E-state index contributed by atoms with van der Waals surface area (Å²) in [5, 5.41) is 0. The Hall–Kier alpha value is -2.69. The highest BCUT2D eigenvalue weighted by molar-refractivity contribution is 5.87. The molecule has 0 aromatic carbocycles. The number of aromatic nitrogens is 3. The van der Waals surface area contributed by atoms with E-state index >= 15 is 0 Å². The Bertz CT molecular complexity index is 801. The number of hydrogen-bond acceptors (Lipinski definition) is 4. The Morgan fingerprint density at radius 1 is 1.42 bits per heavy atom. The van der Waals surface area contributed by atoms with Crippen LogP contribution in [0.1, 0.15) is 50.5 Å². The number of carbonyl (C=O) groups is 1. The Labute approximate surface area is 142 Å². The average Bonchev–Trinajstić information content (AvgIpc) is 2.98. The molecule has 2 N–H and O–H groups in total. The van der Waals surface area contributed by atoms with Crippen LogP contribution in [-0.4, -0.2) is 20.7 Å². The van der Waals surface area contributed by atoms with E-state index in [0.717, 1.165) is 30.6 Å². The Kier molecular flexibility index (Phi) is 5.68. The van der Waals surface area contributed by atoms with Gasteiger partial charge in [-0.05, 0) is 12.0 Å². The Balaban J connectivity index is 2.50. The van der Waals surface area contributed by atoms with Crippen LogP contribution in [-0.2, 0) is 4.79 Å². The molecule has 0 fully saturated rings. The third-order valence-electron chi connectivity index (χ3n) is 4.00. The topological polar surface area (TPSA) is 73.3 Å².